The van der Waals surface area contributed by atoms with Crippen molar-refractivity contribution in [2.75, 3.05) is 18.8 Å². The average molecular weight is 419 g/mol. The molecular formula is C17H22N8OS2. The van der Waals surface area contributed by atoms with Crippen molar-refractivity contribution in [1.29, 1.82) is 5.26 Å². The Hall–Kier alpha value is -2.81. The summed E-state index contributed by atoms with van der Waals surface area (Å²) in [6.07, 6.45) is 1.12. The van der Waals surface area contributed by atoms with Crippen molar-refractivity contribution in [3.8, 4) is 6.19 Å². The number of nitrogens with one attached hydrogen (secondary N) is 2. The Balaban J connectivity index is 1.73. The van der Waals surface area contributed by atoms with Crippen molar-refractivity contribution in [3.05, 3.63) is 47.0 Å². The molecule has 0 saturated heterocycles. The number of aromatic nitrogens is 1. The molecule has 0 fully saturated rings. The molecule has 2 rings (SSSR count). The zero-order chi connectivity index (χ0) is 20.2. The molecule has 11 heteroatoms. The zero-order valence-electron chi connectivity index (χ0n) is 15.1. The molecule has 1 atom stereocenters. The molecule has 0 radical (unpaired) electrons. The van der Waals surface area contributed by atoms with Crippen LogP contribution in [0.2, 0.25) is 0 Å². The lowest BCUT2D eigenvalue weighted by molar-refractivity contribution is 0.187. The van der Waals surface area contributed by atoms with Crippen molar-refractivity contribution in [2.24, 2.45) is 21.5 Å². The Morgan fingerprint density at radius 2 is 2.14 bits per heavy atom. The Kier molecular flexibility index (Phi) is 9.06. The predicted molar refractivity (Wildman–Crippen MR) is 114 cm³/mol. The highest BCUT2D eigenvalue weighted by atomic mass is 32.2. The van der Waals surface area contributed by atoms with Crippen LogP contribution in [-0.2, 0) is 5.75 Å². The fourth-order valence-corrected chi connectivity index (χ4v) is 3.65. The quantitative estimate of drug-likeness (QED) is 0.133. The minimum absolute atomic E-state index is 0.00746. The van der Waals surface area contributed by atoms with Crippen LogP contribution in [0.5, 0.6) is 0 Å². The fourth-order valence-electron chi connectivity index (χ4n) is 2.09. The SMILES string of the molecule is N#CN/C(=N\CC(O)c1ccccc1)NCCSCc1csc(N=C(N)N)n1. The van der Waals surface area contributed by atoms with E-state index in [1.54, 1.807) is 11.8 Å². The van der Waals surface area contributed by atoms with Crippen LogP contribution in [0.15, 0.2) is 45.7 Å². The van der Waals surface area contributed by atoms with E-state index in [2.05, 4.69) is 25.6 Å². The maximum atomic E-state index is 10.1. The number of nitrogens with zero attached hydrogens (tertiary/aromatic N) is 4. The van der Waals surface area contributed by atoms with Crippen LogP contribution in [0.1, 0.15) is 17.4 Å². The molecule has 0 spiro atoms. The maximum absolute atomic E-state index is 10.1. The number of benzene rings is 1. The number of aliphatic imine (C=N–C) groups is 2. The van der Waals surface area contributed by atoms with Gasteiger partial charge in [0.05, 0.1) is 18.3 Å². The van der Waals surface area contributed by atoms with E-state index in [9.17, 15) is 5.11 Å². The Morgan fingerprint density at radius 1 is 1.36 bits per heavy atom. The first-order valence-electron chi connectivity index (χ1n) is 8.36. The largest absolute Gasteiger partial charge is 0.386 e. The number of thiazole rings is 1. The second-order valence-electron chi connectivity index (χ2n) is 5.49. The standard InChI is InChI=1S/C17H22N8OS2/c18-11-23-16(22-8-14(26)12-4-2-1-3-5-12)21-6-7-27-9-13-10-28-17(24-13)25-15(19)20/h1-5,10,14,26H,6-9H2,(H2,21,22,23)(H4,19,20,24,25). The van der Waals surface area contributed by atoms with Crippen LogP contribution >= 0.6 is 23.1 Å². The Labute approximate surface area is 171 Å². The molecule has 1 aromatic carbocycles. The number of nitrogens with two attached hydrogens (primary N) is 2. The first kappa shape index (κ1) is 21.5. The maximum Gasteiger partial charge on any atom is 0.212 e. The van der Waals surface area contributed by atoms with Gasteiger partial charge in [-0.3, -0.25) is 5.32 Å². The van der Waals surface area contributed by atoms with Crippen LogP contribution in [0, 0.1) is 11.5 Å². The van der Waals surface area contributed by atoms with Gasteiger partial charge in [-0.2, -0.15) is 22.0 Å². The highest BCUT2D eigenvalue weighted by Crippen LogP contribution is 2.21. The molecule has 1 heterocycles. The third kappa shape index (κ3) is 7.83. The first-order valence-corrected chi connectivity index (χ1v) is 10.4. The van der Waals surface area contributed by atoms with Crippen LogP contribution in [-0.4, -0.2) is 40.9 Å². The molecule has 7 N–H and O–H groups in total. The zero-order valence-corrected chi connectivity index (χ0v) is 16.7. The van der Waals surface area contributed by atoms with Gasteiger partial charge in [-0.05, 0) is 5.56 Å². The summed E-state index contributed by atoms with van der Waals surface area (Å²) in [6.45, 7) is 0.755. The fraction of sp³-hybridized carbons (Fsp3) is 0.294. The number of aliphatic hydroxyl groups excluding tert-OH is 1. The molecule has 1 aromatic heterocycles. The molecule has 2 aromatic rings. The van der Waals surface area contributed by atoms with Gasteiger partial charge in [-0.15, -0.1) is 11.3 Å². The summed E-state index contributed by atoms with van der Waals surface area (Å²) in [5, 5.41) is 27.0. The van der Waals surface area contributed by atoms with Crippen molar-refractivity contribution in [3.63, 3.8) is 0 Å². The third-order valence-corrected chi connectivity index (χ3v) is 5.11. The van der Waals surface area contributed by atoms with E-state index in [0.29, 0.717) is 17.6 Å². The van der Waals surface area contributed by atoms with E-state index < -0.39 is 6.10 Å². The molecule has 0 bridgehead atoms. The predicted octanol–water partition coefficient (Wildman–Crippen LogP) is 1.03. The van der Waals surface area contributed by atoms with E-state index in [0.717, 1.165) is 22.8 Å². The molecule has 0 aliphatic heterocycles. The summed E-state index contributed by atoms with van der Waals surface area (Å²) in [5.41, 5.74) is 12.3. The molecule has 0 amide bonds. The summed E-state index contributed by atoms with van der Waals surface area (Å²) in [4.78, 5) is 12.5. The normalized spacial score (nSPS) is 12.1. The topological polar surface area (TPSA) is 158 Å². The van der Waals surface area contributed by atoms with Crippen molar-refractivity contribution in [2.45, 2.75) is 11.9 Å². The molecule has 148 valence electrons. The number of rotatable bonds is 9. The van der Waals surface area contributed by atoms with Gasteiger partial charge in [-0.1, -0.05) is 30.3 Å². The lowest BCUT2D eigenvalue weighted by atomic mass is 10.1. The van der Waals surface area contributed by atoms with Crippen molar-refractivity contribution < 1.29 is 5.11 Å². The van der Waals surface area contributed by atoms with Crippen LogP contribution < -0.4 is 22.1 Å². The second-order valence-corrected chi connectivity index (χ2v) is 7.43. The van der Waals surface area contributed by atoms with Gasteiger partial charge in [0, 0.05) is 23.4 Å². The minimum Gasteiger partial charge on any atom is -0.386 e. The van der Waals surface area contributed by atoms with Gasteiger partial charge in [0.1, 0.15) is 0 Å². The summed E-state index contributed by atoms with van der Waals surface area (Å²) >= 11 is 3.06. The Bertz CT molecular complexity index is 827. The molecule has 9 nitrogen and oxygen atoms in total. The number of aliphatic hydroxyl groups is 1. The summed E-state index contributed by atoms with van der Waals surface area (Å²) < 4.78 is 0. The van der Waals surface area contributed by atoms with Crippen molar-refractivity contribution in [1.82, 2.24) is 15.6 Å². The van der Waals surface area contributed by atoms with Gasteiger partial charge in [-0.25, -0.2) is 9.98 Å². The van der Waals surface area contributed by atoms with Crippen LogP contribution in [0.25, 0.3) is 0 Å². The molecule has 0 aliphatic rings. The number of hydrogen-bond donors (Lipinski definition) is 5. The third-order valence-electron chi connectivity index (χ3n) is 3.33. The highest BCUT2D eigenvalue weighted by Gasteiger charge is 2.07. The van der Waals surface area contributed by atoms with Gasteiger partial charge < -0.3 is 21.9 Å². The van der Waals surface area contributed by atoms with Gasteiger partial charge in [0.25, 0.3) is 0 Å². The average Bonchev–Trinajstić information content (AvgIpc) is 3.12. The summed E-state index contributed by atoms with van der Waals surface area (Å²) in [5.74, 6) is 1.83. The number of nitriles is 1. The second kappa shape index (κ2) is 11.8. The number of guanidine groups is 2. The van der Waals surface area contributed by atoms with Gasteiger partial charge >= 0.3 is 0 Å². The first-order chi connectivity index (χ1) is 13.6. The van der Waals surface area contributed by atoms with E-state index in [1.165, 1.54) is 11.3 Å². The summed E-state index contributed by atoms with van der Waals surface area (Å²) in [7, 11) is 0. The van der Waals surface area contributed by atoms with E-state index in [1.807, 2.05) is 41.9 Å². The smallest absolute Gasteiger partial charge is 0.212 e. The van der Waals surface area contributed by atoms with Crippen LogP contribution in [0.4, 0.5) is 5.13 Å². The van der Waals surface area contributed by atoms with Gasteiger partial charge in [0.2, 0.25) is 11.1 Å². The lowest BCUT2D eigenvalue weighted by Crippen LogP contribution is -2.36. The number of hydrogen-bond acceptors (Lipinski definition) is 7. The van der Waals surface area contributed by atoms with Crippen molar-refractivity contribution >= 4 is 40.1 Å². The minimum atomic E-state index is -0.725. The van der Waals surface area contributed by atoms with Gasteiger partial charge in [0.15, 0.2) is 12.2 Å². The molecule has 1 unspecified atom stereocenters. The Morgan fingerprint density at radius 3 is 2.86 bits per heavy atom. The molecule has 0 aliphatic carbocycles. The summed E-state index contributed by atoms with van der Waals surface area (Å²) in [6, 6.07) is 9.26. The van der Waals surface area contributed by atoms with Crippen LogP contribution in [0.3, 0.4) is 0 Å². The molecule has 0 saturated carbocycles. The molecule has 28 heavy (non-hydrogen) atoms. The van der Waals surface area contributed by atoms with E-state index in [-0.39, 0.29) is 12.5 Å². The van der Waals surface area contributed by atoms with E-state index >= 15 is 0 Å². The molecular weight excluding hydrogens is 396 g/mol. The number of thioether (sulfide) groups is 1. The monoisotopic (exact) mass is 418 g/mol. The highest BCUT2D eigenvalue weighted by molar-refractivity contribution is 7.98. The lowest BCUT2D eigenvalue weighted by Gasteiger charge is -2.11. The van der Waals surface area contributed by atoms with E-state index in [4.69, 9.17) is 16.7 Å².